The topological polar surface area (TPSA) is 77.1 Å². The molecule has 0 radical (unpaired) electrons. The first-order valence-corrected chi connectivity index (χ1v) is 12.7. The van der Waals surface area contributed by atoms with Gasteiger partial charge in [-0.05, 0) is 49.1 Å². The summed E-state index contributed by atoms with van der Waals surface area (Å²) in [4.78, 5) is 17.8. The summed E-state index contributed by atoms with van der Waals surface area (Å²) in [5.74, 6) is -0.911. The quantitative estimate of drug-likeness (QED) is 0.216. The number of alkyl halides is 6. The molecule has 0 saturated carbocycles. The van der Waals surface area contributed by atoms with E-state index in [-0.39, 0.29) is 28.6 Å². The summed E-state index contributed by atoms with van der Waals surface area (Å²) in [5.41, 5.74) is -1.53. The third-order valence-corrected chi connectivity index (χ3v) is 7.26. The first-order valence-electron chi connectivity index (χ1n) is 11.5. The molecule has 0 unspecified atom stereocenters. The molecule has 4 aromatic heterocycles. The van der Waals surface area contributed by atoms with Crippen LogP contribution in [0.5, 0.6) is 0 Å². The minimum atomic E-state index is -4.83. The van der Waals surface area contributed by atoms with Crippen molar-refractivity contribution in [3.8, 4) is 10.6 Å². The van der Waals surface area contributed by atoms with E-state index in [9.17, 15) is 31.1 Å². The van der Waals surface area contributed by atoms with Crippen molar-refractivity contribution < 1.29 is 31.1 Å². The molecule has 0 spiro atoms. The number of benzene rings is 1. The molecule has 0 saturated heterocycles. The number of aryl methyl sites for hydroxylation is 1. The number of nitrogens with one attached hydrogen (secondary N) is 1. The number of halogens is 7. The fourth-order valence-corrected chi connectivity index (χ4v) is 5.04. The predicted molar refractivity (Wildman–Crippen MR) is 137 cm³/mol. The zero-order valence-electron chi connectivity index (χ0n) is 20.5. The van der Waals surface area contributed by atoms with Gasteiger partial charge in [0.1, 0.15) is 5.02 Å². The maximum Gasteiger partial charge on any atom is 0.433 e. The van der Waals surface area contributed by atoms with Gasteiger partial charge in [0.2, 0.25) is 0 Å². The van der Waals surface area contributed by atoms with E-state index in [1.807, 2.05) is 0 Å². The molecule has 0 atom stereocenters. The molecule has 7 nitrogen and oxygen atoms in total. The number of amides is 1. The van der Waals surface area contributed by atoms with Crippen molar-refractivity contribution in [3.05, 3.63) is 86.8 Å². The molecule has 0 bridgehead atoms. The standard InChI is InChI=1S/C25H17ClF6N6OS/c1-12-20(13(2)37(35-12)11-14-5-3-6-15(9-14)24(27,28)29)34-23(39)21-19(26)22-33-16(17-7-4-8-40-17)10-18(25(30,31)32)38(22)36-21/h3-10H,11H2,1-2H3,(H,34,39). The van der Waals surface area contributed by atoms with Gasteiger partial charge in [0.15, 0.2) is 17.0 Å². The van der Waals surface area contributed by atoms with E-state index >= 15 is 0 Å². The molecule has 0 fully saturated rings. The Labute approximate surface area is 231 Å². The van der Waals surface area contributed by atoms with Gasteiger partial charge in [-0.3, -0.25) is 9.48 Å². The Balaban J connectivity index is 1.48. The molecule has 1 N–H and O–H groups in total. The van der Waals surface area contributed by atoms with Crippen LogP contribution in [0.4, 0.5) is 32.0 Å². The molecule has 0 aliphatic rings. The fourth-order valence-electron chi connectivity index (χ4n) is 4.11. The van der Waals surface area contributed by atoms with E-state index < -0.39 is 35.2 Å². The van der Waals surface area contributed by atoms with Gasteiger partial charge < -0.3 is 5.32 Å². The molecule has 0 aliphatic heterocycles. The van der Waals surface area contributed by atoms with Crippen LogP contribution < -0.4 is 5.32 Å². The predicted octanol–water partition coefficient (Wildman–Crippen LogP) is 7.26. The summed E-state index contributed by atoms with van der Waals surface area (Å²) in [6.45, 7) is 3.13. The van der Waals surface area contributed by atoms with Gasteiger partial charge >= 0.3 is 12.4 Å². The average molecular weight is 599 g/mol. The van der Waals surface area contributed by atoms with Crippen molar-refractivity contribution in [2.24, 2.45) is 0 Å². The summed E-state index contributed by atoms with van der Waals surface area (Å²) >= 11 is 7.52. The van der Waals surface area contributed by atoms with E-state index in [2.05, 4.69) is 20.5 Å². The maximum atomic E-state index is 13.9. The third-order valence-electron chi connectivity index (χ3n) is 6.02. The Bertz CT molecular complexity index is 1740. The highest BCUT2D eigenvalue weighted by molar-refractivity contribution is 7.13. The van der Waals surface area contributed by atoms with E-state index in [0.29, 0.717) is 26.3 Å². The summed E-state index contributed by atoms with van der Waals surface area (Å²) in [7, 11) is 0. The summed E-state index contributed by atoms with van der Waals surface area (Å²) in [5, 5.41) is 12.0. The van der Waals surface area contributed by atoms with Gasteiger partial charge in [-0.25, -0.2) is 9.50 Å². The van der Waals surface area contributed by atoms with Crippen LogP contribution in [0.2, 0.25) is 5.02 Å². The van der Waals surface area contributed by atoms with Crippen LogP contribution in [-0.2, 0) is 18.9 Å². The highest BCUT2D eigenvalue weighted by Crippen LogP contribution is 2.36. The lowest BCUT2D eigenvalue weighted by molar-refractivity contribution is -0.142. The number of hydrogen-bond acceptors (Lipinski definition) is 5. The molecule has 4 heterocycles. The largest absolute Gasteiger partial charge is 0.433 e. The van der Waals surface area contributed by atoms with Gasteiger partial charge in [0, 0.05) is 0 Å². The monoisotopic (exact) mass is 598 g/mol. The molecule has 1 amide bonds. The van der Waals surface area contributed by atoms with E-state index in [1.54, 1.807) is 31.4 Å². The first kappa shape index (κ1) is 27.6. The third kappa shape index (κ3) is 5.16. The number of aromatic nitrogens is 5. The van der Waals surface area contributed by atoms with Crippen molar-refractivity contribution in [2.45, 2.75) is 32.7 Å². The van der Waals surface area contributed by atoms with E-state index in [4.69, 9.17) is 11.6 Å². The second kappa shape index (κ2) is 9.93. The maximum absolute atomic E-state index is 13.9. The normalized spacial score (nSPS) is 12.3. The molecular weight excluding hydrogens is 582 g/mol. The van der Waals surface area contributed by atoms with Gasteiger partial charge in [0.25, 0.3) is 5.91 Å². The van der Waals surface area contributed by atoms with Crippen molar-refractivity contribution >= 4 is 40.2 Å². The Morgan fingerprint density at radius 1 is 1.02 bits per heavy atom. The highest BCUT2D eigenvalue weighted by atomic mass is 35.5. The van der Waals surface area contributed by atoms with Crippen LogP contribution >= 0.6 is 22.9 Å². The van der Waals surface area contributed by atoms with Crippen LogP contribution in [0.1, 0.15) is 38.7 Å². The molecule has 0 aliphatic carbocycles. The average Bonchev–Trinajstić information content (AvgIpc) is 3.59. The Morgan fingerprint density at radius 2 is 1.77 bits per heavy atom. The first-order chi connectivity index (χ1) is 18.7. The molecule has 5 aromatic rings. The smallest absolute Gasteiger partial charge is 0.317 e. The second-order valence-corrected chi connectivity index (χ2v) is 10.1. The number of fused-ring (bicyclic) bond motifs is 1. The number of hydrogen-bond donors (Lipinski definition) is 1. The zero-order valence-corrected chi connectivity index (χ0v) is 22.1. The van der Waals surface area contributed by atoms with Gasteiger partial charge in [0.05, 0.1) is 39.8 Å². The summed E-state index contributed by atoms with van der Waals surface area (Å²) in [6, 6.07) is 8.84. The van der Waals surface area contributed by atoms with Crippen LogP contribution in [0, 0.1) is 13.8 Å². The minimum absolute atomic E-state index is 0.0196. The number of thiophene rings is 1. The minimum Gasteiger partial charge on any atom is -0.317 e. The summed E-state index contributed by atoms with van der Waals surface area (Å²) < 4.78 is 82.9. The Hall–Kier alpha value is -3.91. The van der Waals surface area contributed by atoms with Gasteiger partial charge in [-0.2, -0.15) is 36.5 Å². The molecular formula is C25H17ClF6N6OS. The van der Waals surface area contributed by atoms with Crippen LogP contribution in [-0.4, -0.2) is 30.3 Å². The highest BCUT2D eigenvalue weighted by Gasteiger charge is 2.37. The van der Waals surface area contributed by atoms with Crippen LogP contribution in [0.25, 0.3) is 16.2 Å². The second-order valence-electron chi connectivity index (χ2n) is 8.76. The molecule has 1 aromatic carbocycles. The van der Waals surface area contributed by atoms with Crippen molar-refractivity contribution in [2.75, 3.05) is 5.32 Å². The lowest BCUT2D eigenvalue weighted by Crippen LogP contribution is -2.16. The zero-order chi connectivity index (χ0) is 29.0. The molecule has 40 heavy (non-hydrogen) atoms. The molecule has 208 valence electrons. The fraction of sp³-hybridized carbons (Fsp3) is 0.200. The number of carbonyl (C=O) groups is 1. The number of nitrogens with zero attached hydrogens (tertiary/aromatic N) is 5. The molecule has 15 heteroatoms. The number of carbonyl (C=O) groups excluding carboxylic acids is 1. The van der Waals surface area contributed by atoms with Gasteiger partial charge in [-0.1, -0.05) is 29.8 Å². The lowest BCUT2D eigenvalue weighted by atomic mass is 10.1. The van der Waals surface area contributed by atoms with Crippen LogP contribution in [0.15, 0.2) is 47.8 Å². The van der Waals surface area contributed by atoms with Gasteiger partial charge in [-0.15, -0.1) is 11.3 Å². The number of anilines is 1. The SMILES string of the molecule is Cc1nn(Cc2cccc(C(F)(F)F)c2)c(C)c1NC(=O)c1nn2c(C(F)(F)F)cc(-c3cccs3)nc2c1Cl. The van der Waals surface area contributed by atoms with Crippen molar-refractivity contribution in [1.29, 1.82) is 0 Å². The van der Waals surface area contributed by atoms with Crippen molar-refractivity contribution in [1.82, 2.24) is 24.4 Å². The van der Waals surface area contributed by atoms with E-state index in [1.165, 1.54) is 28.2 Å². The van der Waals surface area contributed by atoms with Crippen molar-refractivity contribution in [3.63, 3.8) is 0 Å². The summed E-state index contributed by atoms with van der Waals surface area (Å²) in [6.07, 6.45) is -9.34. The lowest BCUT2D eigenvalue weighted by Gasteiger charge is -2.10. The molecule has 5 rings (SSSR count). The van der Waals surface area contributed by atoms with Crippen LogP contribution in [0.3, 0.4) is 0 Å². The Morgan fingerprint density at radius 3 is 2.42 bits per heavy atom. The van der Waals surface area contributed by atoms with E-state index in [0.717, 1.165) is 18.2 Å². The number of rotatable bonds is 5. The Kier molecular flexibility index (Phi) is 6.86.